The van der Waals surface area contributed by atoms with Crippen LogP contribution >= 0.6 is 0 Å². The zero-order valence-corrected chi connectivity index (χ0v) is 38.6. The Morgan fingerprint density at radius 3 is 2.43 bits per heavy atom. The largest absolute Gasteiger partial charge is 0.493 e. The predicted molar refractivity (Wildman–Crippen MR) is 257 cm³/mol. The quantitative estimate of drug-likeness (QED) is 0.0572. The summed E-state index contributed by atoms with van der Waals surface area (Å²) in [4.78, 5) is 88.9. The number of rotatable bonds is 17. The molecule has 0 saturated carbocycles. The number of ether oxygens (including phenoxy) is 2. The van der Waals surface area contributed by atoms with Gasteiger partial charge in [0.2, 0.25) is 17.6 Å². The van der Waals surface area contributed by atoms with Crippen LogP contribution in [0.15, 0.2) is 102 Å². The Kier molecular flexibility index (Phi) is 13.4. The van der Waals surface area contributed by atoms with Crippen LogP contribution in [-0.4, -0.2) is 103 Å². The number of benzene rings is 3. The van der Waals surface area contributed by atoms with Gasteiger partial charge in [0.15, 0.2) is 28.9 Å². The topological polar surface area (TPSA) is 214 Å². The van der Waals surface area contributed by atoms with E-state index in [1.807, 2.05) is 54.7 Å². The number of hydrogen-bond donors (Lipinski definition) is 3. The number of methoxy groups -OCH3 is 1. The molecule has 6 aromatic rings. The Balaban J connectivity index is 0.828. The lowest BCUT2D eigenvalue weighted by Gasteiger charge is -2.20. The Morgan fingerprint density at radius 1 is 0.912 bits per heavy atom. The van der Waals surface area contributed by atoms with E-state index >= 15 is 0 Å². The van der Waals surface area contributed by atoms with Crippen molar-refractivity contribution in [3.63, 3.8) is 0 Å². The molecule has 1 fully saturated rings. The molecule has 3 atom stereocenters. The zero-order valence-electron chi connectivity index (χ0n) is 38.6. The lowest BCUT2D eigenvalue weighted by molar-refractivity contribution is -0.127. The molecule has 68 heavy (non-hydrogen) atoms. The molecule has 3 aromatic carbocycles. The fraction of sp³-hybridized carbons (Fsp3) is 0.294. The number of nitrogens with zero attached hydrogens (tertiary/aromatic N) is 6. The van der Waals surface area contributed by atoms with Crippen LogP contribution in [0.1, 0.15) is 75.7 Å². The van der Waals surface area contributed by atoms with Crippen molar-refractivity contribution in [1.82, 2.24) is 28.9 Å². The number of anilines is 1. The van der Waals surface area contributed by atoms with Gasteiger partial charge in [-0.25, -0.2) is 4.98 Å². The molecule has 3 amide bonds. The van der Waals surface area contributed by atoms with E-state index in [0.717, 1.165) is 33.2 Å². The van der Waals surface area contributed by atoms with Crippen molar-refractivity contribution in [3.05, 3.63) is 126 Å². The summed E-state index contributed by atoms with van der Waals surface area (Å²) < 4.78 is 16.4. The first kappa shape index (κ1) is 46.6. The molecule has 0 unspecified atom stereocenters. The van der Waals surface area contributed by atoms with Crippen molar-refractivity contribution < 1.29 is 38.2 Å². The first-order chi connectivity index (χ1) is 32.6. The number of nitrogens with two attached hydrogens (primary N) is 1. The maximum absolute atomic E-state index is 13.9. The Bertz CT molecular complexity index is 3030. The molecule has 0 bridgehead atoms. The number of carbonyl (C=O) groups is 6. The number of fused-ring (bicyclic) bond motifs is 3. The van der Waals surface area contributed by atoms with E-state index in [4.69, 9.17) is 15.2 Å². The fourth-order valence-corrected chi connectivity index (χ4v) is 8.41. The summed E-state index contributed by atoms with van der Waals surface area (Å²) in [5, 5.41) is 6.20. The second-order valence-electron chi connectivity index (χ2n) is 17.4. The van der Waals surface area contributed by atoms with Gasteiger partial charge in [-0.3, -0.25) is 38.3 Å². The van der Waals surface area contributed by atoms with Gasteiger partial charge in [-0.1, -0.05) is 42.5 Å². The molecular formula is C51H53N9O8. The third-order valence-electron chi connectivity index (χ3n) is 12.1. The molecule has 4 N–H and O–H groups in total. The number of amides is 3. The molecule has 8 rings (SSSR count). The molecule has 2 aliphatic rings. The molecule has 0 aliphatic carbocycles. The highest BCUT2D eigenvalue weighted by Crippen LogP contribution is 2.38. The van der Waals surface area contributed by atoms with E-state index in [1.54, 1.807) is 83.4 Å². The maximum atomic E-state index is 13.9. The van der Waals surface area contributed by atoms with E-state index in [0.29, 0.717) is 53.3 Å². The minimum absolute atomic E-state index is 0.0777. The van der Waals surface area contributed by atoms with Crippen molar-refractivity contribution in [2.24, 2.45) is 24.8 Å². The number of hydrogen-bond acceptors (Lipinski definition) is 11. The molecule has 3 aromatic heterocycles. The fourth-order valence-electron chi connectivity index (χ4n) is 8.41. The van der Waals surface area contributed by atoms with Gasteiger partial charge in [0.05, 0.1) is 48.6 Å². The summed E-state index contributed by atoms with van der Waals surface area (Å²) in [5.74, 6) is -0.186. The van der Waals surface area contributed by atoms with E-state index < -0.39 is 18.0 Å². The third-order valence-corrected chi connectivity index (χ3v) is 12.1. The van der Waals surface area contributed by atoms with E-state index in [-0.39, 0.29) is 72.8 Å². The van der Waals surface area contributed by atoms with E-state index in [9.17, 15) is 28.8 Å². The highest BCUT2D eigenvalue weighted by molar-refractivity contribution is 6.04. The van der Waals surface area contributed by atoms with Gasteiger partial charge < -0.3 is 39.9 Å². The Morgan fingerprint density at radius 2 is 1.68 bits per heavy atom. The SMILES string of the molecule is C=C1C[C@H]2C=Nc3cc(OCCCC(=O)Nc4cn(C)c(C(=O)Cc5ccc(-c6cc(C(=O)n7ccc8cc(CC(=O)[C@H](C)NC(=O)[C@H](C)N)ccc87)n(C)c6)cc5)n4)c(OC)cc3C(=O)N2C1. The summed E-state index contributed by atoms with van der Waals surface area (Å²) >= 11 is 0. The van der Waals surface area contributed by atoms with Crippen LogP contribution in [0.3, 0.4) is 0 Å². The molecular weight excluding hydrogens is 867 g/mol. The molecule has 2 aliphatic heterocycles. The van der Waals surface area contributed by atoms with Gasteiger partial charge in [0.1, 0.15) is 5.69 Å². The first-order valence-electron chi connectivity index (χ1n) is 22.3. The van der Waals surface area contributed by atoms with Gasteiger partial charge in [0, 0.05) is 81.7 Å². The van der Waals surface area contributed by atoms with Gasteiger partial charge in [0.25, 0.3) is 11.8 Å². The Labute approximate surface area is 392 Å². The van der Waals surface area contributed by atoms with Crippen LogP contribution in [0.2, 0.25) is 0 Å². The number of imidazole rings is 1. The maximum Gasteiger partial charge on any atom is 0.278 e. The lowest BCUT2D eigenvalue weighted by Crippen LogP contribution is -2.46. The van der Waals surface area contributed by atoms with Crippen LogP contribution in [0, 0.1) is 0 Å². The number of aryl methyl sites for hydroxylation is 2. The summed E-state index contributed by atoms with van der Waals surface area (Å²) in [6.45, 7) is 7.89. The zero-order chi connectivity index (χ0) is 48.4. The summed E-state index contributed by atoms with van der Waals surface area (Å²) in [7, 11) is 5.00. The van der Waals surface area contributed by atoms with Crippen molar-refractivity contribution in [2.75, 3.05) is 25.6 Å². The van der Waals surface area contributed by atoms with Gasteiger partial charge in [-0.15, -0.1) is 0 Å². The lowest BCUT2D eigenvalue weighted by atomic mass is 10.0. The van der Waals surface area contributed by atoms with Gasteiger partial charge >= 0.3 is 0 Å². The highest BCUT2D eigenvalue weighted by atomic mass is 16.5. The minimum atomic E-state index is -0.716. The van der Waals surface area contributed by atoms with Crippen LogP contribution in [-0.2, 0) is 41.3 Å². The van der Waals surface area contributed by atoms with Gasteiger partial charge in [-0.2, -0.15) is 0 Å². The minimum Gasteiger partial charge on any atom is -0.493 e. The average Bonchev–Trinajstić information content (AvgIpc) is 4.09. The van der Waals surface area contributed by atoms with Crippen molar-refractivity contribution in [1.29, 1.82) is 0 Å². The number of carbonyl (C=O) groups excluding carboxylic acids is 6. The summed E-state index contributed by atoms with van der Waals surface area (Å²) in [6.07, 6.45) is 8.31. The summed E-state index contributed by atoms with van der Waals surface area (Å²) in [5.41, 5.74) is 11.9. The monoisotopic (exact) mass is 919 g/mol. The van der Waals surface area contributed by atoms with Crippen LogP contribution < -0.4 is 25.8 Å². The van der Waals surface area contributed by atoms with Crippen LogP contribution in [0.4, 0.5) is 11.5 Å². The standard InChI is InChI=1S/C51H53N9O8/c1-29-18-37-25-53-39-24-45(44(67-6)23-38(39)50(65)60(37)26-29)68-17-7-8-47(63)55-46-28-58(5)48(56-46)43(62)20-32-9-12-34(13-10-32)36-22-41(57(4)27-36)51(66)59-16-15-35-19-33(11-14-40(35)59)21-42(61)31(3)54-49(64)30(2)52/h9-16,19,22-25,27-28,30-31,37H,1,7-8,17-18,20-21,26,52H2,2-6H3,(H,54,64)(H,55,63)/t30-,31-,37-/m0/s1. The molecule has 350 valence electrons. The second kappa shape index (κ2) is 19.5. The molecule has 5 heterocycles. The number of Topliss-reactive ketones (excluding diaryl/α,β-unsaturated/α-hetero) is 2. The van der Waals surface area contributed by atoms with Crippen molar-refractivity contribution >= 4 is 63.8 Å². The molecule has 0 radical (unpaired) electrons. The number of aliphatic imine (C=N–C) groups is 1. The van der Waals surface area contributed by atoms with Crippen molar-refractivity contribution in [3.8, 4) is 22.6 Å². The molecule has 0 spiro atoms. The van der Waals surface area contributed by atoms with E-state index in [1.165, 1.54) is 7.11 Å². The van der Waals surface area contributed by atoms with E-state index in [2.05, 4.69) is 27.2 Å². The van der Waals surface area contributed by atoms with Gasteiger partial charge in [-0.05, 0) is 73.7 Å². The van der Waals surface area contributed by atoms with Crippen LogP contribution in [0.25, 0.3) is 22.0 Å². The summed E-state index contributed by atoms with van der Waals surface area (Å²) in [6, 6.07) is 18.4. The normalized spacial score (nSPS) is 15.1. The number of nitrogens with one attached hydrogen (secondary N) is 2. The second-order valence-corrected chi connectivity index (χ2v) is 17.4. The smallest absolute Gasteiger partial charge is 0.278 e. The number of ketones is 2. The number of aromatic nitrogens is 4. The molecule has 17 heteroatoms. The Hall–Kier alpha value is -7.92. The average molecular weight is 920 g/mol. The first-order valence-corrected chi connectivity index (χ1v) is 22.3. The highest BCUT2D eigenvalue weighted by Gasteiger charge is 2.34. The molecule has 17 nitrogen and oxygen atoms in total. The van der Waals surface area contributed by atoms with Crippen molar-refractivity contribution in [2.45, 2.75) is 64.1 Å². The third kappa shape index (κ3) is 9.93. The van der Waals surface area contributed by atoms with Crippen LogP contribution in [0.5, 0.6) is 11.5 Å². The molecule has 1 saturated heterocycles. The predicted octanol–water partition coefficient (Wildman–Crippen LogP) is 5.75.